The second-order valence-corrected chi connectivity index (χ2v) is 5.59. The van der Waals surface area contributed by atoms with Gasteiger partial charge < -0.3 is 5.11 Å². The van der Waals surface area contributed by atoms with E-state index < -0.39 is 0 Å². The first-order chi connectivity index (χ1) is 6.54. The summed E-state index contributed by atoms with van der Waals surface area (Å²) in [4.78, 5) is 0. The predicted molar refractivity (Wildman–Crippen MR) is 59.0 cm³/mol. The Labute approximate surface area is 87.2 Å². The van der Waals surface area contributed by atoms with Gasteiger partial charge in [0.1, 0.15) is 0 Å². The third kappa shape index (κ3) is 1.42. The SMILES string of the molecule is C=C1CCCC2(C)CCC(C(C)O)C12. The van der Waals surface area contributed by atoms with Crippen molar-refractivity contribution in [2.45, 2.75) is 52.1 Å². The summed E-state index contributed by atoms with van der Waals surface area (Å²) in [6, 6.07) is 0. The summed E-state index contributed by atoms with van der Waals surface area (Å²) in [5.41, 5.74) is 1.86. The molecular formula is C13H22O. The molecule has 2 saturated carbocycles. The molecule has 14 heavy (non-hydrogen) atoms. The number of allylic oxidation sites excluding steroid dienone is 1. The van der Waals surface area contributed by atoms with Crippen LogP contribution in [0.15, 0.2) is 12.2 Å². The van der Waals surface area contributed by atoms with Crippen LogP contribution in [-0.4, -0.2) is 11.2 Å². The zero-order valence-corrected chi connectivity index (χ0v) is 9.42. The minimum absolute atomic E-state index is 0.156. The minimum atomic E-state index is -0.156. The molecule has 2 aliphatic carbocycles. The van der Waals surface area contributed by atoms with Crippen LogP contribution in [0.3, 0.4) is 0 Å². The van der Waals surface area contributed by atoms with Gasteiger partial charge >= 0.3 is 0 Å². The first-order valence-corrected chi connectivity index (χ1v) is 5.90. The average molecular weight is 194 g/mol. The average Bonchev–Trinajstić information content (AvgIpc) is 2.43. The van der Waals surface area contributed by atoms with Gasteiger partial charge in [-0.2, -0.15) is 0 Å². The molecule has 0 aromatic rings. The summed E-state index contributed by atoms with van der Waals surface area (Å²) < 4.78 is 0. The van der Waals surface area contributed by atoms with Crippen LogP contribution in [-0.2, 0) is 0 Å². The molecule has 1 nitrogen and oxygen atoms in total. The number of fused-ring (bicyclic) bond motifs is 1. The van der Waals surface area contributed by atoms with E-state index in [2.05, 4.69) is 13.5 Å². The molecule has 0 aromatic heterocycles. The largest absolute Gasteiger partial charge is 0.393 e. The van der Waals surface area contributed by atoms with E-state index in [1.54, 1.807) is 0 Å². The van der Waals surface area contributed by atoms with E-state index in [1.807, 2.05) is 6.92 Å². The lowest BCUT2D eigenvalue weighted by molar-refractivity contribution is 0.0768. The highest BCUT2D eigenvalue weighted by Gasteiger charge is 2.48. The monoisotopic (exact) mass is 194 g/mol. The van der Waals surface area contributed by atoms with Crippen LogP contribution in [0.25, 0.3) is 0 Å². The summed E-state index contributed by atoms with van der Waals surface area (Å²) in [5, 5.41) is 9.78. The quantitative estimate of drug-likeness (QED) is 0.636. The van der Waals surface area contributed by atoms with Gasteiger partial charge in [-0.15, -0.1) is 0 Å². The van der Waals surface area contributed by atoms with E-state index in [0.717, 1.165) is 0 Å². The second kappa shape index (κ2) is 3.37. The molecule has 0 bridgehead atoms. The lowest BCUT2D eigenvalue weighted by Crippen LogP contribution is -2.34. The van der Waals surface area contributed by atoms with Gasteiger partial charge in [0.15, 0.2) is 0 Å². The van der Waals surface area contributed by atoms with Crippen LogP contribution in [0.2, 0.25) is 0 Å². The molecule has 0 radical (unpaired) electrons. The molecule has 2 aliphatic rings. The van der Waals surface area contributed by atoms with E-state index in [4.69, 9.17) is 0 Å². The van der Waals surface area contributed by atoms with Crippen molar-refractivity contribution in [3.8, 4) is 0 Å². The smallest absolute Gasteiger partial charge is 0.0546 e. The summed E-state index contributed by atoms with van der Waals surface area (Å²) in [5.74, 6) is 1.07. The van der Waals surface area contributed by atoms with E-state index in [0.29, 0.717) is 17.3 Å². The molecule has 0 amide bonds. The van der Waals surface area contributed by atoms with Crippen molar-refractivity contribution < 1.29 is 5.11 Å². The molecule has 4 unspecified atom stereocenters. The molecule has 4 atom stereocenters. The van der Waals surface area contributed by atoms with Gasteiger partial charge in [-0.05, 0) is 56.3 Å². The highest BCUT2D eigenvalue weighted by molar-refractivity contribution is 5.15. The number of rotatable bonds is 1. The fourth-order valence-corrected chi connectivity index (χ4v) is 3.81. The fraction of sp³-hybridized carbons (Fsp3) is 0.846. The van der Waals surface area contributed by atoms with Crippen molar-refractivity contribution in [3.05, 3.63) is 12.2 Å². The summed E-state index contributed by atoms with van der Waals surface area (Å²) in [7, 11) is 0. The Balaban J connectivity index is 2.24. The molecule has 1 N–H and O–H groups in total. The van der Waals surface area contributed by atoms with Gasteiger partial charge in [0.05, 0.1) is 6.10 Å². The van der Waals surface area contributed by atoms with Gasteiger partial charge in [-0.1, -0.05) is 19.1 Å². The first kappa shape index (κ1) is 10.2. The summed E-state index contributed by atoms with van der Waals surface area (Å²) in [6.45, 7) is 8.56. The van der Waals surface area contributed by atoms with Crippen LogP contribution >= 0.6 is 0 Å². The maximum absolute atomic E-state index is 9.78. The van der Waals surface area contributed by atoms with Crippen LogP contribution in [0.4, 0.5) is 0 Å². The molecule has 0 saturated heterocycles. The zero-order chi connectivity index (χ0) is 10.3. The van der Waals surface area contributed by atoms with Crippen LogP contribution in [0.5, 0.6) is 0 Å². The lowest BCUT2D eigenvalue weighted by Gasteiger charge is -2.40. The molecule has 2 fully saturated rings. The maximum Gasteiger partial charge on any atom is 0.0546 e. The van der Waals surface area contributed by atoms with E-state index >= 15 is 0 Å². The Hall–Kier alpha value is -0.300. The number of hydrogen-bond acceptors (Lipinski definition) is 1. The van der Waals surface area contributed by atoms with Crippen LogP contribution in [0.1, 0.15) is 46.0 Å². The molecule has 80 valence electrons. The van der Waals surface area contributed by atoms with Crippen LogP contribution in [0, 0.1) is 17.3 Å². The number of aliphatic hydroxyl groups excluding tert-OH is 1. The molecular weight excluding hydrogens is 172 g/mol. The minimum Gasteiger partial charge on any atom is -0.393 e. The van der Waals surface area contributed by atoms with Gasteiger partial charge in [-0.3, -0.25) is 0 Å². The molecule has 2 rings (SSSR count). The lowest BCUT2D eigenvalue weighted by atomic mass is 9.65. The second-order valence-electron chi connectivity index (χ2n) is 5.59. The van der Waals surface area contributed by atoms with Crippen LogP contribution < -0.4 is 0 Å². The Bertz CT molecular complexity index is 244. The van der Waals surface area contributed by atoms with Gasteiger partial charge in [0, 0.05) is 0 Å². The normalized spacial score (nSPS) is 44.9. The Morgan fingerprint density at radius 2 is 2.21 bits per heavy atom. The van der Waals surface area contributed by atoms with E-state index in [1.165, 1.54) is 37.7 Å². The zero-order valence-electron chi connectivity index (χ0n) is 9.42. The summed E-state index contributed by atoms with van der Waals surface area (Å²) in [6.07, 6.45) is 6.14. The molecule has 0 aromatic carbocycles. The number of aliphatic hydroxyl groups is 1. The third-order valence-corrected chi connectivity index (χ3v) is 4.53. The number of hydrogen-bond donors (Lipinski definition) is 1. The Morgan fingerprint density at radius 1 is 1.50 bits per heavy atom. The first-order valence-electron chi connectivity index (χ1n) is 5.90. The van der Waals surface area contributed by atoms with Crippen molar-refractivity contribution in [1.29, 1.82) is 0 Å². The summed E-state index contributed by atoms with van der Waals surface area (Å²) >= 11 is 0. The molecule has 0 aliphatic heterocycles. The van der Waals surface area contributed by atoms with Crippen molar-refractivity contribution in [1.82, 2.24) is 0 Å². The Morgan fingerprint density at radius 3 is 2.86 bits per heavy atom. The molecule has 1 heteroatoms. The maximum atomic E-state index is 9.78. The van der Waals surface area contributed by atoms with Crippen molar-refractivity contribution in [2.24, 2.45) is 17.3 Å². The van der Waals surface area contributed by atoms with Gasteiger partial charge in [0.25, 0.3) is 0 Å². The van der Waals surface area contributed by atoms with E-state index in [-0.39, 0.29) is 6.10 Å². The van der Waals surface area contributed by atoms with Crippen molar-refractivity contribution >= 4 is 0 Å². The molecule has 0 heterocycles. The van der Waals surface area contributed by atoms with Crippen molar-refractivity contribution in [2.75, 3.05) is 0 Å². The Kier molecular flexibility index (Phi) is 2.46. The standard InChI is InChI=1S/C13H22O/c1-9-5-4-7-13(3)8-6-11(10(2)14)12(9)13/h10-12,14H,1,4-8H2,2-3H3. The predicted octanol–water partition coefficient (Wildman–Crippen LogP) is 3.14. The van der Waals surface area contributed by atoms with Crippen molar-refractivity contribution in [3.63, 3.8) is 0 Å². The highest BCUT2D eigenvalue weighted by Crippen LogP contribution is 2.57. The topological polar surface area (TPSA) is 20.2 Å². The third-order valence-electron chi connectivity index (χ3n) is 4.53. The molecule has 0 spiro atoms. The van der Waals surface area contributed by atoms with Gasteiger partial charge in [-0.25, -0.2) is 0 Å². The van der Waals surface area contributed by atoms with E-state index in [9.17, 15) is 5.11 Å². The highest BCUT2D eigenvalue weighted by atomic mass is 16.3. The fourth-order valence-electron chi connectivity index (χ4n) is 3.81. The van der Waals surface area contributed by atoms with Gasteiger partial charge in [0.2, 0.25) is 0 Å².